The summed E-state index contributed by atoms with van der Waals surface area (Å²) in [7, 11) is 0. The molecule has 0 bridgehead atoms. The summed E-state index contributed by atoms with van der Waals surface area (Å²) < 4.78 is 0. The van der Waals surface area contributed by atoms with E-state index in [1.165, 1.54) is 28.6 Å². The van der Waals surface area contributed by atoms with Crippen molar-refractivity contribution in [2.24, 2.45) is 5.92 Å². The molecule has 2 heterocycles. The summed E-state index contributed by atoms with van der Waals surface area (Å²) in [5, 5.41) is 4.74. The van der Waals surface area contributed by atoms with Gasteiger partial charge in [0.15, 0.2) is 0 Å². The number of aryl methyl sites for hydroxylation is 1. The highest BCUT2D eigenvalue weighted by Gasteiger charge is 2.23. The molecule has 3 rings (SSSR count). The van der Waals surface area contributed by atoms with Gasteiger partial charge in [0.1, 0.15) is 16.2 Å². The highest BCUT2D eigenvalue weighted by atomic mass is 32.2. The minimum Gasteiger partial charge on any atom is -0.344 e. The molecule has 1 amide bonds. The first-order chi connectivity index (χ1) is 10.7. The van der Waals surface area contributed by atoms with Crippen LogP contribution in [-0.2, 0) is 17.6 Å². The lowest BCUT2D eigenvalue weighted by Crippen LogP contribution is -2.25. The van der Waals surface area contributed by atoms with E-state index in [9.17, 15) is 4.79 Å². The molecular weight excluding hydrogens is 314 g/mol. The van der Waals surface area contributed by atoms with Crippen LogP contribution in [0.3, 0.4) is 0 Å². The van der Waals surface area contributed by atoms with Gasteiger partial charge in [0.05, 0.1) is 12.3 Å². The van der Waals surface area contributed by atoms with Crippen LogP contribution in [0.4, 0.5) is 0 Å². The molecule has 1 aliphatic rings. The molecule has 1 atom stereocenters. The smallest absolute Gasteiger partial charge is 0.231 e. The van der Waals surface area contributed by atoms with Gasteiger partial charge in [-0.2, -0.15) is 0 Å². The summed E-state index contributed by atoms with van der Waals surface area (Å²) >= 11 is 3.24. The Hall–Kier alpha value is -1.58. The highest BCUT2D eigenvalue weighted by molar-refractivity contribution is 8.00. The van der Waals surface area contributed by atoms with Gasteiger partial charge >= 0.3 is 0 Å². The predicted octanol–water partition coefficient (Wildman–Crippen LogP) is 2.66. The van der Waals surface area contributed by atoms with Crippen molar-refractivity contribution in [2.75, 3.05) is 12.3 Å². The molecule has 1 unspecified atom stereocenters. The molecule has 0 fully saturated rings. The van der Waals surface area contributed by atoms with Crippen molar-refractivity contribution in [3.63, 3.8) is 0 Å². The SMILES string of the molecule is C#CCNC(=O)CSc1ncnc2sc3c(c12)CCC(C)C3. The van der Waals surface area contributed by atoms with Crippen LogP contribution in [0.5, 0.6) is 0 Å². The maximum Gasteiger partial charge on any atom is 0.231 e. The molecule has 0 aromatic carbocycles. The predicted molar refractivity (Wildman–Crippen MR) is 91.2 cm³/mol. The van der Waals surface area contributed by atoms with E-state index in [4.69, 9.17) is 6.42 Å². The van der Waals surface area contributed by atoms with Gasteiger partial charge in [-0.15, -0.1) is 17.8 Å². The number of thioether (sulfide) groups is 1. The monoisotopic (exact) mass is 331 g/mol. The molecule has 0 saturated heterocycles. The van der Waals surface area contributed by atoms with Crippen molar-refractivity contribution in [1.29, 1.82) is 0 Å². The molecule has 6 heteroatoms. The first-order valence-electron chi connectivity index (χ1n) is 7.27. The van der Waals surface area contributed by atoms with Gasteiger partial charge in [0.25, 0.3) is 0 Å². The Balaban J connectivity index is 1.84. The summed E-state index contributed by atoms with van der Waals surface area (Å²) in [5.41, 5.74) is 1.39. The van der Waals surface area contributed by atoms with Crippen LogP contribution >= 0.6 is 23.1 Å². The van der Waals surface area contributed by atoms with Crippen molar-refractivity contribution in [2.45, 2.75) is 31.2 Å². The number of nitrogens with zero attached hydrogens (tertiary/aromatic N) is 2. The third kappa shape index (κ3) is 3.11. The second kappa shape index (κ2) is 6.67. The van der Waals surface area contributed by atoms with Crippen LogP contribution < -0.4 is 5.32 Å². The summed E-state index contributed by atoms with van der Waals surface area (Å²) in [6, 6.07) is 0. The van der Waals surface area contributed by atoms with Crippen molar-refractivity contribution < 1.29 is 4.79 Å². The van der Waals surface area contributed by atoms with Gasteiger partial charge in [-0.25, -0.2) is 9.97 Å². The fourth-order valence-corrected chi connectivity index (χ4v) is 4.96. The molecule has 22 heavy (non-hydrogen) atoms. The number of hydrogen-bond acceptors (Lipinski definition) is 5. The average Bonchev–Trinajstić information content (AvgIpc) is 2.88. The zero-order chi connectivity index (χ0) is 15.5. The minimum atomic E-state index is -0.0626. The number of fused-ring (bicyclic) bond motifs is 3. The number of hydrogen-bond donors (Lipinski definition) is 1. The number of carbonyl (C=O) groups is 1. The Labute approximate surface area is 138 Å². The molecule has 114 valence electrons. The molecule has 0 saturated carbocycles. The van der Waals surface area contributed by atoms with Crippen LogP contribution in [0, 0.1) is 18.3 Å². The van der Waals surface area contributed by atoms with E-state index in [1.54, 1.807) is 17.7 Å². The Morgan fingerprint density at radius 1 is 1.59 bits per heavy atom. The van der Waals surface area contributed by atoms with E-state index in [1.807, 2.05) is 0 Å². The Morgan fingerprint density at radius 3 is 3.27 bits per heavy atom. The molecule has 4 nitrogen and oxygen atoms in total. The van der Waals surface area contributed by atoms with E-state index >= 15 is 0 Å². The van der Waals surface area contributed by atoms with Crippen LogP contribution in [0.1, 0.15) is 23.8 Å². The van der Waals surface area contributed by atoms with Gasteiger partial charge in [-0.3, -0.25) is 4.79 Å². The van der Waals surface area contributed by atoms with E-state index in [0.29, 0.717) is 5.75 Å². The number of rotatable bonds is 4. The largest absolute Gasteiger partial charge is 0.344 e. The third-order valence-electron chi connectivity index (χ3n) is 3.78. The Kier molecular flexibility index (Phi) is 4.65. The molecule has 2 aromatic rings. The fourth-order valence-electron chi connectivity index (χ4n) is 2.69. The van der Waals surface area contributed by atoms with Crippen molar-refractivity contribution in [1.82, 2.24) is 15.3 Å². The maximum absolute atomic E-state index is 11.7. The minimum absolute atomic E-state index is 0.0626. The van der Waals surface area contributed by atoms with Crippen molar-refractivity contribution in [3.05, 3.63) is 16.8 Å². The second-order valence-electron chi connectivity index (χ2n) is 5.48. The number of carbonyl (C=O) groups excluding carboxylic acids is 1. The average molecular weight is 331 g/mol. The number of terminal acetylenes is 1. The first-order valence-corrected chi connectivity index (χ1v) is 9.07. The molecular formula is C16H17N3OS2. The number of amides is 1. The van der Waals surface area contributed by atoms with Crippen LogP contribution in [0.25, 0.3) is 10.2 Å². The Morgan fingerprint density at radius 2 is 2.45 bits per heavy atom. The van der Waals surface area contributed by atoms with Gasteiger partial charge in [-0.1, -0.05) is 24.6 Å². The molecule has 1 aliphatic carbocycles. The normalized spacial score (nSPS) is 17.0. The lowest BCUT2D eigenvalue weighted by Gasteiger charge is -2.18. The molecule has 0 radical (unpaired) electrons. The summed E-state index contributed by atoms with van der Waals surface area (Å²) in [5.74, 6) is 3.40. The molecule has 2 aromatic heterocycles. The van der Waals surface area contributed by atoms with Crippen molar-refractivity contribution >= 4 is 39.2 Å². The lowest BCUT2D eigenvalue weighted by molar-refractivity contribution is -0.118. The van der Waals surface area contributed by atoms with E-state index < -0.39 is 0 Å². The van der Waals surface area contributed by atoms with Crippen LogP contribution in [0.15, 0.2) is 11.4 Å². The highest BCUT2D eigenvalue weighted by Crippen LogP contribution is 2.40. The topological polar surface area (TPSA) is 54.9 Å². The quantitative estimate of drug-likeness (QED) is 0.532. The van der Waals surface area contributed by atoms with Gasteiger partial charge in [0.2, 0.25) is 5.91 Å². The van der Waals surface area contributed by atoms with Gasteiger partial charge < -0.3 is 5.32 Å². The summed E-state index contributed by atoms with van der Waals surface area (Å²) in [6.07, 6.45) is 10.2. The summed E-state index contributed by atoms with van der Waals surface area (Å²) in [4.78, 5) is 23.0. The third-order valence-corrected chi connectivity index (χ3v) is 5.94. The van der Waals surface area contributed by atoms with Gasteiger partial charge in [0, 0.05) is 10.3 Å². The fraction of sp³-hybridized carbons (Fsp3) is 0.438. The number of aromatic nitrogens is 2. The lowest BCUT2D eigenvalue weighted by atomic mass is 9.89. The standard InChI is InChI=1S/C16H17N3OS2/c1-3-6-17-13(20)8-21-15-14-11-5-4-10(2)7-12(11)22-16(14)19-9-18-15/h1,9-10H,4-8H2,2H3,(H,17,20). The molecule has 0 spiro atoms. The zero-order valence-electron chi connectivity index (χ0n) is 12.4. The van der Waals surface area contributed by atoms with Crippen LogP contribution in [-0.4, -0.2) is 28.2 Å². The van der Waals surface area contributed by atoms with E-state index in [0.717, 1.165) is 34.0 Å². The van der Waals surface area contributed by atoms with Crippen molar-refractivity contribution in [3.8, 4) is 12.3 Å². The first kappa shape index (κ1) is 15.3. The van der Waals surface area contributed by atoms with E-state index in [2.05, 4.69) is 28.1 Å². The molecule has 0 aliphatic heterocycles. The molecule has 1 N–H and O–H groups in total. The van der Waals surface area contributed by atoms with Gasteiger partial charge in [-0.05, 0) is 30.7 Å². The summed E-state index contributed by atoms with van der Waals surface area (Å²) in [6.45, 7) is 2.56. The second-order valence-corrected chi connectivity index (χ2v) is 7.53. The number of thiophene rings is 1. The van der Waals surface area contributed by atoms with Crippen LogP contribution in [0.2, 0.25) is 0 Å². The zero-order valence-corrected chi connectivity index (χ0v) is 14.0. The maximum atomic E-state index is 11.7. The Bertz CT molecular complexity index is 748. The van der Waals surface area contributed by atoms with E-state index in [-0.39, 0.29) is 12.5 Å². The number of nitrogens with one attached hydrogen (secondary N) is 1.